The third-order valence-electron chi connectivity index (χ3n) is 2.88. The number of nitrogens with zero attached hydrogens (tertiary/aromatic N) is 2. The number of aromatic nitrogens is 1. The molecule has 0 aliphatic heterocycles. The van der Waals surface area contributed by atoms with Crippen LogP contribution in [-0.4, -0.2) is 45.1 Å². The summed E-state index contributed by atoms with van der Waals surface area (Å²) in [5.74, 6) is -0.699. The molecule has 0 saturated carbocycles. The molecule has 1 heterocycles. The van der Waals surface area contributed by atoms with E-state index < -0.39 is 23.4 Å². The number of alkyl halides is 1. The van der Waals surface area contributed by atoms with Crippen LogP contribution in [0, 0.1) is 5.41 Å². The average molecular weight is 412 g/mol. The molecule has 0 bridgehead atoms. The van der Waals surface area contributed by atoms with Gasteiger partial charge in [0, 0.05) is 18.0 Å². The van der Waals surface area contributed by atoms with Crippen molar-refractivity contribution in [2.75, 3.05) is 10.8 Å². The number of carbonyl (C=O) groups excluding carboxylic acids is 2. The van der Waals surface area contributed by atoms with Gasteiger partial charge in [-0.3, -0.25) is 0 Å². The Kier molecular flexibility index (Phi) is 7.58. The Balaban J connectivity index is 3.50. The Bertz CT molecular complexity index is 751. The normalized spacial score (nSPS) is 12.3. The van der Waals surface area contributed by atoms with Crippen molar-refractivity contribution in [2.45, 2.75) is 52.7 Å². The molecule has 0 aromatic carbocycles. The fourth-order valence-corrected chi connectivity index (χ4v) is 2.00. The number of hydrogen-bond donors (Lipinski definition) is 2. The van der Waals surface area contributed by atoms with Gasteiger partial charge in [-0.15, -0.1) is 11.6 Å². The van der Waals surface area contributed by atoms with Crippen LogP contribution in [0.2, 0.25) is 0 Å². The second kappa shape index (κ2) is 9.05. The van der Waals surface area contributed by atoms with Crippen LogP contribution in [-0.2, 0) is 9.47 Å². The van der Waals surface area contributed by atoms with Crippen molar-refractivity contribution in [2.24, 2.45) is 0 Å². The van der Waals surface area contributed by atoms with Crippen LogP contribution < -0.4 is 4.90 Å². The molecule has 9 heteroatoms. The highest BCUT2D eigenvalue weighted by molar-refractivity contribution is 6.30. The second-order valence-electron chi connectivity index (χ2n) is 7.86. The number of ether oxygens (including phenoxy) is 2. The maximum atomic E-state index is 12.7. The van der Waals surface area contributed by atoms with Gasteiger partial charge in [0.2, 0.25) is 0 Å². The molecule has 0 aliphatic rings. The molecule has 0 unspecified atom stereocenters. The van der Waals surface area contributed by atoms with E-state index in [2.05, 4.69) is 4.98 Å². The third kappa shape index (κ3) is 7.19. The highest BCUT2D eigenvalue weighted by Crippen LogP contribution is 2.27. The predicted octanol–water partition coefficient (Wildman–Crippen LogP) is 4.92. The first-order valence-electron chi connectivity index (χ1n) is 8.50. The van der Waals surface area contributed by atoms with Crippen molar-refractivity contribution >= 4 is 41.1 Å². The minimum Gasteiger partial charge on any atom is -0.507 e. The van der Waals surface area contributed by atoms with Crippen LogP contribution in [0.3, 0.4) is 0 Å². The van der Waals surface area contributed by atoms with Gasteiger partial charge < -0.3 is 20.0 Å². The molecule has 2 N–H and O–H groups in total. The van der Waals surface area contributed by atoms with Crippen molar-refractivity contribution in [3.63, 3.8) is 0 Å². The fraction of sp³-hybridized carbons (Fsp3) is 0.474. The Morgan fingerprint density at radius 3 is 2.11 bits per heavy atom. The van der Waals surface area contributed by atoms with E-state index in [0.717, 1.165) is 6.08 Å². The minimum atomic E-state index is -1.01. The number of allylic oxidation sites excluding steroid dienone is 1. The molecule has 1 aromatic rings. The maximum absolute atomic E-state index is 12.7. The van der Waals surface area contributed by atoms with Crippen LogP contribution in [0.5, 0.6) is 0 Å². The Morgan fingerprint density at radius 1 is 1.18 bits per heavy atom. The fourth-order valence-electron chi connectivity index (χ4n) is 1.92. The van der Waals surface area contributed by atoms with E-state index in [1.54, 1.807) is 41.5 Å². The number of carbonyl (C=O) groups is 2. The van der Waals surface area contributed by atoms with Gasteiger partial charge in [0.15, 0.2) is 5.82 Å². The van der Waals surface area contributed by atoms with Crippen molar-refractivity contribution in [3.8, 4) is 0 Å². The highest BCUT2D eigenvalue weighted by atomic mass is 35.5. The molecule has 1 rings (SSSR count). The topological polar surface area (TPSA) is 113 Å². The van der Waals surface area contributed by atoms with E-state index in [1.165, 1.54) is 18.3 Å². The SMILES string of the molecule is CC(C)(C)OC(=O)N(C(=O)OC(C)(C)C)c1ncccc1/C(O)=C/C(=N)CCl. The molecular formula is C19H26ClN3O5. The van der Waals surface area contributed by atoms with Crippen LogP contribution >= 0.6 is 11.6 Å². The molecular weight excluding hydrogens is 386 g/mol. The number of pyridine rings is 1. The molecule has 2 amide bonds. The third-order valence-corrected chi connectivity index (χ3v) is 3.17. The smallest absolute Gasteiger partial charge is 0.425 e. The Morgan fingerprint density at radius 2 is 1.68 bits per heavy atom. The number of amides is 2. The summed E-state index contributed by atoms with van der Waals surface area (Å²) in [6.45, 7) is 9.90. The largest absolute Gasteiger partial charge is 0.507 e. The average Bonchev–Trinajstić information content (AvgIpc) is 2.51. The minimum absolute atomic E-state index is 0.0362. The predicted molar refractivity (Wildman–Crippen MR) is 108 cm³/mol. The van der Waals surface area contributed by atoms with Crippen molar-refractivity contribution < 1.29 is 24.2 Å². The lowest BCUT2D eigenvalue weighted by atomic mass is 10.1. The number of nitrogens with one attached hydrogen (secondary N) is 1. The van der Waals surface area contributed by atoms with E-state index in [1.807, 2.05) is 0 Å². The number of halogens is 1. The first kappa shape index (κ1) is 23.4. The first-order chi connectivity index (χ1) is 12.7. The van der Waals surface area contributed by atoms with Gasteiger partial charge in [-0.2, -0.15) is 4.90 Å². The summed E-state index contributed by atoms with van der Waals surface area (Å²) in [5.41, 5.74) is -1.79. The zero-order valence-corrected chi connectivity index (χ0v) is 17.6. The summed E-state index contributed by atoms with van der Waals surface area (Å²) in [5, 5.41) is 18.0. The number of imide groups is 1. The molecule has 0 fully saturated rings. The lowest BCUT2D eigenvalue weighted by Crippen LogP contribution is -2.44. The molecule has 0 atom stereocenters. The molecule has 0 saturated heterocycles. The summed E-state index contributed by atoms with van der Waals surface area (Å²) in [7, 11) is 0. The zero-order chi connectivity index (χ0) is 21.7. The van der Waals surface area contributed by atoms with Gasteiger partial charge in [-0.1, -0.05) is 0 Å². The van der Waals surface area contributed by atoms with Crippen LogP contribution in [0.25, 0.3) is 5.76 Å². The molecule has 28 heavy (non-hydrogen) atoms. The van der Waals surface area contributed by atoms with E-state index in [4.69, 9.17) is 26.5 Å². The monoisotopic (exact) mass is 411 g/mol. The number of rotatable bonds is 4. The van der Waals surface area contributed by atoms with Gasteiger partial charge in [0.1, 0.15) is 17.0 Å². The van der Waals surface area contributed by atoms with Crippen molar-refractivity contribution in [1.29, 1.82) is 5.41 Å². The summed E-state index contributed by atoms with van der Waals surface area (Å²) in [4.78, 5) is 30.1. The van der Waals surface area contributed by atoms with Gasteiger partial charge in [-0.05, 0) is 53.7 Å². The summed E-state index contributed by atoms with van der Waals surface area (Å²) in [6, 6.07) is 2.95. The number of hydrogen-bond acceptors (Lipinski definition) is 7. The summed E-state index contributed by atoms with van der Waals surface area (Å²) in [6.07, 6.45) is 0.431. The van der Waals surface area contributed by atoms with E-state index in [-0.39, 0.29) is 28.7 Å². The first-order valence-corrected chi connectivity index (χ1v) is 9.04. The number of aliphatic hydroxyl groups excluding tert-OH is 1. The summed E-state index contributed by atoms with van der Waals surface area (Å²) >= 11 is 5.58. The molecule has 1 aromatic heterocycles. The van der Waals surface area contributed by atoms with E-state index in [9.17, 15) is 14.7 Å². The van der Waals surface area contributed by atoms with Crippen LogP contribution in [0.4, 0.5) is 15.4 Å². The quantitative estimate of drug-likeness (QED) is 0.413. The van der Waals surface area contributed by atoms with Gasteiger partial charge in [0.05, 0.1) is 11.4 Å². The van der Waals surface area contributed by atoms with Crippen LogP contribution in [0.1, 0.15) is 47.1 Å². The van der Waals surface area contributed by atoms with Gasteiger partial charge in [-0.25, -0.2) is 14.6 Å². The maximum Gasteiger partial charge on any atom is 0.425 e. The highest BCUT2D eigenvalue weighted by Gasteiger charge is 2.35. The molecule has 0 radical (unpaired) electrons. The Hall–Kier alpha value is -2.61. The standard InChI is InChI=1S/C19H26ClN3O5/c1-18(2,3)27-16(25)23(17(26)28-19(4,5)6)15-13(8-7-9-22-15)14(24)10-12(21)11-20/h7-10,21,24H,11H2,1-6H3/b14-10-,21-12?. The second-order valence-corrected chi connectivity index (χ2v) is 8.13. The van der Waals surface area contributed by atoms with Crippen molar-refractivity contribution in [1.82, 2.24) is 4.98 Å². The van der Waals surface area contributed by atoms with Crippen LogP contribution in [0.15, 0.2) is 24.4 Å². The molecule has 8 nitrogen and oxygen atoms in total. The molecule has 154 valence electrons. The lowest BCUT2D eigenvalue weighted by molar-refractivity contribution is 0.0429. The van der Waals surface area contributed by atoms with Crippen molar-refractivity contribution in [3.05, 3.63) is 30.0 Å². The lowest BCUT2D eigenvalue weighted by Gasteiger charge is -2.28. The van der Waals surface area contributed by atoms with E-state index in [0.29, 0.717) is 4.90 Å². The van der Waals surface area contributed by atoms with E-state index >= 15 is 0 Å². The zero-order valence-electron chi connectivity index (χ0n) is 16.9. The van der Waals surface area contributed by atoms with Gasteiger partial charge >= 0.3 is 12.2 Å². The Labute approximate surface area is 169 Å². The number of aliphatic hydroxyl groups is 1. The number of anilines is 1. The molecule has 0 aliphatic carbocycles. The summed E-state index contributed by atoms with van der Waals surface area (Å²) < 4.78 is 10.6. The molecule has 0 spiro atoms. The van der Waals surface area contributed by atoms with Gasteiger partial charge in [0.25, 0.3) is 0 Å².